The van der Waals surface area contributed by atoms with Crippen LogP contribution in [0.1, 0.15) is 37.5 Å². The van der Waals surface area contributed by atoms with E-state index in [2.05, 4.69) is 51.2 Å². The smallest absolute Gasteiger partial charge is 0.161 e. The van der Waals surface area contributed by atoms with Gasteiger partial charge in [0.05, 0.1) is 7.11 Å². The highest BCUT2D eigenvalue weighted by Gasteiger charge is 2.19. The lowest BCUT2D eigenvalue weighted by atomic mass is 9.86. The molecule has 4 nitrogen and oxygen atoms in total. The fourth-order valence-electron chi connectivity index (χ4n) is 2.82. The van der Waals surface area contributed by atoms with Crippen molar-refractivity contribution >= 4 is 0 Å². The van der Waals surface area contributed by atoms with Crippen molar-refractivity contribution in [3.05, 3.63) is 53.1 Å². The van der Waals surface area contributed by atoms with Crippen LogP contribution in [0.5, 0.6) is 17.2 Å². The minimum Gasteiger partial charge on any atom is -0.493 e. The first-order valence-corrected chi connectivity index (χ1v) is 9.03. The van der Waals surface area contributed by atoms with Gasteiger partial charge in [-0.3, -0.25) is 0 Å². The van der Waals surface area contributed by atoms with Gasteiger partial charge in [0.25, 0.3) is 0 Å². The lowest BCUT2D eigenvalue weighted by molar-refractivity contribution is 0.208. The number of nitrogens with one attached hydrogen (secondary N) is 1. The summed E-state index contributed by atoms with van der Waals surface area (Å²) in [5.74, 6) is 2.40. The number of rotatable bonds is 8. The highest BCUT2D eigenvalue weighted by Crippen LogP contribution is 2.32. The molecule has 0 radical (unpaired) electrons. The van der Waals surface area contributed by atoms with Crippen LogP contribution in [0.4, 0.5) is 0 Å². The maximum Gasteiger partial charge on any atom is 0.161 e. The molecule has 2 rings (SSSR count). The highest BCUT2D eigenvalue weighted by atomic mass is 16.5. The predicted octanol–water partition coefficient (Wildman–Crippen LogP) is 4.48. The van der Waals surface area contributed by atoms with E-state index in [0.717, 1.165) is 29.4 Å². The van der Waals surface area contributed by atoms with Crippen LogP contribution in [-0.2, 0) is 12.0 Å². The second-order valence-electron chi connectivity index (χ2n) is 7.46. The van der Waals surface area contributed by atoms with E-state index in [0.29, 0.717) is 13.2 Å². The van der Waals surface area contributed by atoms with Crippen LogP contribution in [0.3, 0.4) is 0 Å². The number of methoxy groups -OCH3 is 1. The van der Waals surface area contributed by atoms with Gasteiger partial charge in [0.2, 0.25) is 0 Å². The molecule has 0 amide bonds. The molecule has 142 valence electrons. The van der Waals surface area contributed by atoms with E-state index in [9.17, 15) is 0 Å². The third-order valence-corrected chi connectivity index (χ3v) is 4.15. The molecule has 2 aromatic rings. The number of benzene rings is 2. The summed E-state index contributed by atoms with van der Waals surface area (Å²) in [6, 6.07) is 12.3. The molecule has 4 heteroatoms. The summed E-state index contributed by atoms with van der Waals surface area (Å²) in [5.41, 5.74) is 3.58. The Labute approximate surface area is 157 Å². The largest absolute Gasteiger partial charge is 0.493 e. The Kier molecular flexibility index (Phi) is 6.92. The van der Waals surface area contributed by atoms with Gasteiger partial charge in [-0.05, 0) is 54.3 Å². The average molecular weight is 357 g/mol. The van der Waals surface area contributed by atoms with Gasteiger partial charge in [0.15, 0.2) is 11.5 Å². The first-order valence-electron chi connectivity index (χ1n) is 9.03. The molecule has 0 aliphatic carbocycles. The summed E-state index contributed by atoms with van der Waals surface area (Å²) in [6.45, 7) is 10.4. The number of ether oxygens (including phenoxy) is 3. The van der Waals surface area contributed by atoms with Gasteiger partial charge in [-0.1, -0.05) is 39.0 Å². The summed E-state index contributed by atoms with van der Waals surface area (Å²) in [4.78, 5) is 0. The zero-order chi connectivity index (χ0) is 19.2. The van der Waals surface area contributed by atoms with Crippen LogP contribution in [0, 0.1) is 6.92 Å². The standard InChI is InChI=1S/C22H31NO3/c1-16-7-9-18(22(2,3)4)20(13-16)25-11-12-26-21-14-17(15-23-5)8-10-19(21)24-6/h7-10,13-14,23H,11-12,15H2,1-6H3. The average Bonchev–Trinajstić information content (AvgIpc) is 2.58. The van der Waals surface area contributed by atoms with Crippen LogP contribution in [-0.4, -0.2) is 27.4 Å². The van der Waals surface area contributed by atoms with Gasteiger partial charge in [0.1, 0.15) is 19.0 Å². The molecule has 0 unspecified atom stereocenters. The fourth-order valence-corrected chi connectivity index (χ4v) is 2.82. The number of hydrogen-bond acceptors (Lipinski definition) is 4. The molecule has 0 spiro atoms. The molecule has 1 N–H and O–H groups in total. The lowest BCUT2D eigenvalue weighted by Gasteiger charge is -2.23. The van der Waals surface area contributed by atoms with Gasteiger partial charge in [-0.2, -0.15) is 0 Å². The fraction of sp³-hybridized carbons (Fsp3) is 0.455. The maximum atomic E-state index is 6.04. The van der Waals surface area contributed by atoms with Crippen molar-refractivity contribution < 1.29 is 14.2 Å². The van der Waals surface area contributed by atoms with Crippen molar-refractivity contribution in [2.75, 3.05) is 27.4 Å². The predicted molar refractivity (Wildman–Crippen MR) is 107 cm³/mol. The molecule has 26 heavy (non-hydrogen) atoms. The monoisotopic (exact) mass is 357 g/mol. The Hall–Kier alpha value is -2.20. The van der Waals surface area contributed by atoms with Crippen molar-refractivity contribution in [1.29, 1.82) is 0 Å². The molecule has 0 heterocycles. The second kappa shape index (κ2) is 8.95. The summed E-state index contributed by atoms with van der Waals surface area (Å²) in [7, 11) is 3.58. The van der Waals surface area contributed by atoms with Crippen molar-refractivity contribution in [3.8, 4) is 17.2 Å². The van der Waals surface area contributed by atoms with Gasteiger partial charge in [-0.15, -0.1) is 0 Å². The molecule has 0 saturated heterocycles. The highest BCUT2D eigenvalue weighted by molar-refractivity contribution is 5.43. The van der Waals surface area contributed by atoms with E-state index in [-0.39, 0.29) is 5.41 Å². The molecule has 0 fully saturated rings. The van der Waals surface area contributed by atoms with E-state index in [4.69, 9.17) is 14.2 Å². The van der Waals surface area contributed by atoms with Crippen LogP contribution < -0.4 is 19.5 Å². The van der Waals surface area contributed by atoms with Gasteiger partial charge in [0, 0.05) is 6.54 Å². The Morgan fingerprint density at radius 1 is 0.885 bits per heavy atom. The van der Waals surface area contributed by atoms with Gasteiger partial charge in [-0.25, -0.2) is 0 Å². The van der Waals surface area contributed by atoms with Crippen molar-refractivity contribution in [3.63, 3.8) is 0 Å². The van der Waals surface area contributed by atoms with E-state index >= 15 is 0 Å². The molecule has 0 aromatic heterocycles. The zero-order valence-electron chi connectivity index (χ0n) is 16.8. The summed E-state index contributed by atoms with van der Waals surface area (Å²) >= 11 is 0. The summed E-state index contributed by atoms with van der Waals surface area (Å²) < 4.78 is 17.3. The minimum absolute atomic E-state index is 0.0363. The molecular weight excluding hydrogens is 326 g/mol. The molecule has 0 atom stereocenters. The third-order valence-electron chi connectivity index (χ3n) is 4.15. The minimum atomic E-state index is 0.0363. The van der Waals surface area contributed by atoms with Crippen LogP contribution in [0.15, 0.2) is 36.4 Å². The first-order chi connectivity index (χ1) is 12.3. The summed E-state index contributed by atoms with van der Waals surface area (Å²) in [5, 5.41) is 3.14. The lowest BCUT2D eigenvalue weighted by Crippen LogP contribution is -2.16. The Morgan fingerprint density at radius 3 is 2.19 bits per heavy atom. The quantitative estimate of drug-likeness (QED) is 0.707. The van der Waals surface area contributed by atoms with Crippen LogP contribution in [0.2, 0.25) is 0 Å². The molecular formula is C22H31NO3. The third kappa shape index (κ3) is 5.40. The van der Waals surface area contributed by atoms with Crippen LogP contribution in [0.25, 0.3) is 0 Å². The summed E-state index contributed by atoms with van der Waals surface area (Å²) in [6.07, 6.45) is 0. The van der Waals surface area contributed by atoms with Gasteiger partial charge < -0.3 is 19.5 Å². The molecule has 2 aromatic carbocycles. The normalized spacial score (nSPS) is 11.3. The van der Waals surface area contributed by atoms with E-state index in [1.54, 1.807) is 7.11 Å². The molecule has 0 aliphatic heterocycles. The van der Waals surface area contributed by atoms with Crippen LogP contribution >= 0.6 is 0 Å². The van der Waals surface area contributed by atoms with Crippen molar-refractivity contribution in [2.45, 2.75) is 39.7 Å². The second-order valence-corrected chi connectivity index (χ2v) is 7.46. The van der Waals surface area contributed by atoms with Gasteiger partial charge >= 0.3 is 0 Å². The van der Waals surface area contributed by atoms with Crippen molar-refractivity contribution in [2.24, 2.45) is 0 Å². The van der Waals surface area contributed by atoms with E-state index < -0.39 is 0 Å². The van der Waals surface area contributed by atoms with E-state index in [1.165, 1.54) is 11.1 Å². The maximum absolute atomic E-state index is 6.04. The molecule has 0 saturated carbocycles. The topological polar surface area (TPSA) is 39.7 Å². The van der Waals surface area contributed by atoms with Crippen molar-refractivity contribution in [1.82, 2.24) is 5.32 Å². The number of aryl methyl sites for hydroxylation is 1. The Balaban J connectivity index is 2.01. The van der Waals surface area contributed by atoms with E-state index in [1.807, 2.05) is 25.2 Å². The molecule has 0 bridgehead atoms. The first kappa shape index (κ1) is 20.1. The SMILES string of the molecule is CNCc1ccc(OC)c(OCCOc2cc(C)ccc2C(C)(C)C)c1. The molecule has 0 aliphatic rings. The number of hydrogen-bond donors (Lipinski definition) is 1. The zero-order valence-corrected chi connectivity index (χ0v) is 16.8. The Morgan fingerprint density at radius 2 is 1.58 bits per heavy atom. The Bertz CT molecular complexity index is 720.